The highest BCUT2D eigenvalue weighted by atomic mass is 35.5. The minimum Gasteiger partial charge on any atom is -0.483 e. The molecule has 28 heavy (non-hydrogen) atoms. The zero-order valence-electron chi connectivity index (χ0n) is 14.7. The number of rotatable bonds is 6. The fourth-order valence-electron chi connectivity index (χ4n) is 2.34. The summed E-state index contributed by atoms with van der Waals surface area (Å²) in [4.78, 5) is 11.8. The first-order valence-corrected chi connectivity index (χ1v) is 9.32. The van der Waals surface area contributed by atoms with E-state index in [2.05, 4.69) is 10.5 Å². The molecule has 3 rings (SSSR count). The van der Waals surface area contributed by atoms with Crippen LogP contribution in [0.15, 0.2) is 58.0 Å². The number of nitrogens with one attached hydrogen (secondary N) is 1. The van der Waals surface area contributed by atoms with Crippen molar-refractivity contribution in [1.82, 2.24) is 5.43 Å². The van der Waals surface area contributed by atoms with Crippen molar-refractivity contribution >= 4 is 46.9 Å². The third kappa shape index (κ3) is 5.29. The number of nitrogens with zero attached hydrogens (tertiary/aromatic N) is 1. The van der Waals surface area contributed by atoms with Crippen molar-refractivity contribution in [2.45, 2.75) is 6.92 Å². The fraction of sp³-hybridized carbons (Fsp3) is 0.100. The number of ether oxygens (including phenoxy) is 1. The molecule has 8 heteroatoms. The molecular formula is C20H15Cl3N2O3. The molecule has 0 aliphatic carbocycles. The van der Waals surface area contributed by atoms with Crippen molar-refractivity contribution in [2.24, 2.45) is 5.10 Å². The van der Waals surface area contributed by atoms with E-state index in [0.29, 0.717) is 32.3 Å². The predicted octanol–water partition coefficient (Wildman–Crippen LogP) is 5.74. The van der Waals surface area contributed by atoms with Gasteiger partial charge in [-0.15, -0.1) is 0 Å². The molecule has 0 atom stereocenters. The van der Waals surface area contributed by atoms with Crippen LogP contribution >= 0.6 is 34.8 Å². The first kappa shape index (κ1) is 20.3. The highest BCUT2D eigenvalue weighted by Crippen LogP contribution is 2.29. The van der Waals surface area contributed by atoms with E-state index in [0.717, 1.165) is 11.1 Å². The lowest BCUT2D eigenvalue weighted by molar-refractivity contribution is -0.123. The van der Waals surface area contributed by atoms with Crippen molar-refractivity contribution in [3.8, 4) is 17.1 Å². The molecule has 1 N–H and O–H groups in total. The number of hydrazone groups is 1. The molecular weight excluding hydrogens is 423 g/mol. The largest absolute Gasteiger partial charge is 0.483 e. The minimum atomic E-state index is -0.401. The molecule has 5 nitrogen and oxygen atoms in total. The minimum absolute atomic E-state index is 0.174. The Labute approximate surface area is 176 Å². The number of aryl methyl sites for hydroxylation is 1. The molecule has 2 aromatic carbocycles. The molecule has 0 fully saturated rings. The molecule has 0 unspecified atom stereocenters. The van der Waals surface area contributed by atoms with Crippen molar-refractivity contribution in [1.29, 1.82) is 0 Å². The Balaban J connectivity index is 1.53. The number of carbonyl (C=O) groups excluding carboxylic acids is 1. The highest BCUT2D eigenvalue weighted by Gasteiger charge is 2.07. The average Bonchev–Trinajstić information content (AvgIpc) is 3.12. The number of amides is 1. The maximum absolute atomic E-state index is 11.8. The SMILES string of the molecule is Cc1cc(Cl)ccc1OCC(=O)N/N=C\c1ccc(-c2ccc(Cl)c(Cl)c2)o1. The Morgan fingerprint density at radius 3 is 2.68 bits per heavy atom. The third-order valence-corrected chi connectivity index (χ3v) is 4.68. The van der Waals surface area contributed by atoms with Crippen LogP contribution in [0, 0.1) is 6.92 Å². The van der Waals surface area contributed by atoms with Crippen molar-refractivity contribution in [3.63, 3.8) is 0 Å². The van der Waals surface area contributed by atoms with Gasteiger partial charge >= 0.3 is 0 Å². The van der Waals surface area contributed by atoms with Crippen molar-refractivity contribution in [3.05, 3.63) is 74.9 Å². The van der Waals surface area contributed by atoms with Crippen LogP contribution in [0.25, 0.3) is 11.3 Å². The van der Waals surface area contributed by atoms with E-state index in [4.69, 9.17) is 44.0 Å². The number of hydrogen-bond donors (Lipinski definition) is 1. The molecule has 0 spiro atoms. The molecule has 3 aromatic rings. The van der Waals surface area contributed by atoms with Crippen LogP contribution in [0.1, 0.15) is 11.3 Å². The average molecular weight is 438 g/mol. The standard InChI is InChI=1S/C20H15Cl3N2O3/c1-12-8-14(21)3-6-18(12)27-11-20(26)25-24-10-15-4-7-19(28-15)13-2-5-16(22)17(23)9-13/h2-10H,11H2,1H3,(H,25,26)/b24-10-. The van der Waals surface area contributed by atoms with Gasteiger partial charge in [-0.25, -0.2) is 5.43 Å². The lowest BCUT2D eigenvalue weighted by atomic mass is 10.2. The van der Waals surface area contributed by atoms with Crippen LogP contribution in [0.4, 0.5) is 0 Å². The van der Waals surface area contributed by atoms with Crippen LogP contribution in [0.5, 0.6) is 5.75 Å². The summed E-state index contributed by atoms with van der Waals surface area (Å²) in [6.07, 6.45) is 1.40. The van der Waals surface area contributed by atoms with Crippen LogP contribution in [-0.4, -0.2) is 18.7 Å². The van der Waals surface area contributed by atoms with E-state index in [1.54, 1.807) is 48.5 Å². The number of hydrogen-bond acceptors (Lipinski definition) is 4. The summed E-state index contributed by atoms with van der Waals surface area (Å²) < 4.78 is 11.1. The zero-order valence-corrected chi connectivity index (χ0v) is 17.0. The molecule has 1 heterocycles. The van der Waals surface area contributed by atoms with E-state index < -0.39 is 5.91 Å². The second kappa shape index (κ2) is 9.15. The van der Waals surface area contributed by atoms with E-state index in [-0.39, 0.29) is 6.61 Å². The number of benzene rings is 2. The Bertz CT molecular complexity index is 1030. The second-order valence-corrected chi connectivity index (χ2v) is 7.07. The molecule has 1 amide bonds. The van der Waals surface area contributed by atoms with Gasteiger partial charge in [0, 0.05) is 10.6 Å². The molecule has 0 saturated carbocycles. The Kier molecular flexibility index (Phi) is 6.62. The van der Waals surface area contributed by atoms with Gasteiger partial charge in [-0.1, -0.05) is 34.8 Å². The van der Waals surface area contributed by atoms with Gasteiger partial charge in [0.15, 0.2) is 6.61 Å². The monoisotopic (exact) mass is 436 g/mol. The topological polar surface area (TPSA) is 63.8 Å². The molecule has 0 radical (unpaired) electrons. The number of furan rings is 1. The van der Waals surface area contributed by atoms with E-state index in [1.165, 1.54) is 6.21 Å². The molecule has 0 bridgehead atoms. The van der Waals surface area contributed by atoms with Gasteiger partial charge in [-0.05, 0) is 61.0 Å². The van der Waals surface area contributed by atoms with Crippen LogP contribution in [0.3, 0.4) is 0 Å². The predicted molar refractivity (Wildman–Crippen MR) is 112 cm³/mol. The van der Waals surface area contributed by atoms with Gasteiger partial charge in [-0.3, -0.25) is 4.79 Å². The second-order valence-electron chi connectivity index (χ2n) is 5.82. The first-order valence-electron chi connectivity index (χ1n) is 8.18. The van der Waals surface area contributed by atoms with Crippen LogP contribution in [0.2, 0.25) is 15.1 Å². The third-order valence-electron chi connectivity index (χ3n) is 3.71. The lowest BCUT2D eigenvalue weighted by Crippen LogP contribution is -2.24. The number of carbonyl (C=O) groups is 1. The normalized spacial score (nSPS) is 11.0. The molecule has 144 valence electrons. The van der Waals surface area contributed by atoms with Gasteiger partial charge < -0.3 is 9.15 Å². The maximum Gasteiger partial charge on any atom is 0.277 e. The van der Waals surface area contributed by atoms with E-state index in [1.807, 2.05) is 6.92 Å². The zero-order chi connectivity index (χ0) is 20.1. The molecule has 0 saturated heterocycles. The van der Waals surface area contributed by atoms with Crippen molar-refractivity contribution in [2.75, 3.05) is 6.61 Å². The van der Waals surface area contributed by atoms with Crippen LogP contribution in [-0.2, 0) is 4.79 Å². The fourth-order valence-corrected chi connectivity index (χ4v) is 2.87. The maximum atomic E-state index is 11.8. The van der Waals surface area contributed by atoms with Crippen molar-refractivity contribution < 1.29 is 13.9 Å². The summed E-state index contributed by atoms with van der Waals surface area (Å²) in [5.41, 5.74) is 4.00. The smallest absolute Gasteiger partial charge is 0.277 e. The van der Waals surface area contributed by atoms with E-state index >= 15 is 0 Å². The summed E-state index contributed by atoms with van der Waals surface area (Å²) in [6, 6.07) is 13.9. The molecule has 0 aliphatic rings. The highest BCUT2D eigenvalue weighted by molar-refractivity contribution is 6.42. The summed E-state index contributed by atoms with van der Waals surface area (Å²) in [5.74, 6) is 1.26. The summed E-state index contributed by atoms with van der Waals surface area (Å²) in [6.45, 7) is 1.67. The number of halogens is 3. The Morgan fingerprint density at radius 2 is 1.93 bits per heavy atom. The van der Waals surface area contributed by atoms with Gasteiger partial charge in [0.25, 0.3) is 5.91 Å². The Hall–Kier alpha value is -2.47. The summed E-state index contributed by atoms with van der Waals surface area (Å²) in [7, 11) is 0. The van der Waals surface area contributed by atoms with E-state index in [9.17, 15) is 4.79 Å². The van der Waals surface area contributed by atoms with Gasteiger partial charge in [0.2, 0.25) is 0 Å². The van der Waals surface area contributed by atoms with Crippen LogP contribution < -0.4 is 10.2 Å². The quantitative estimate of drug-likeness (QED) is 0.395. The lowest BCUT2D eigenvalue weighted by Gasteiger charge is -2.08. The molecule has 1 aromatic heterocycles. The van der Waals surface area contributed by atoms with Gasteiger partial charge in [0.1, 0.15) is 17.3 Å². The Morgan fingerprint density at radius 1 is 1.11 bits per heavy atom. The van der Waals surface area contributed by atoms with Gasteiger partial charge in [0.05, 0.1) is 16.3 Å². The summed E-state index contributed by atoms with van der Waals surface area (Å²) >= 11 is 17.8. The van der Waals surface area contributed by atoms with Gasteiger partial charge in [-0.2, -0.15) is 5.10 Å². The molecule has 0 aliphatic heterocycles. The summed E-state index contributed by atoms with van der Waals surface area (Å²) in [5, 5.41) is 5.38. The first-order chi connectivity index (χ1) is 13.4.